The van der Waals surface area contributed by atoms with Crippen LogP contribution in [0.3, 0.4) is 0 Å². The molecule has 0 atom stereocenters. The second-order valence-electron chi connectivity index (χ2n) is 8.51. The molecule has 0 aliphatic carbocycles. The summed E-state index contributed by atoms with van der Waals surface area (Å²) in [5.41, 5.74) is -2.97. The highest BCUT2D eigenvalue weighted by Crippen LogP contribution is 2.50. The Morgan fingerprint density at radius 2 is 1.41 bits per heavy atom. The van der Waals surface area contributed by atoms with Crippen molar-refractivity contribution in [2.45, 2.75) is 24.7 Å². The van der Waals surface area contributed by atoms with Gasteiger partial charge in [0.05, 0.1) is 6.54 Å². The first kappa shape index (κ1) is 29.3. The number of nitrogens with one attached hydrogen (secondary N) is 1. The van der Waals surface area contributed by atoms with E-state index in [-0.39, 0.29) is 35.6 Å². The molecule has 1 amide bonds. The minimum atomic E-state index is -5.79. The Balaban J connectivity index is 2.07. The number of rotatable bonds is 11. The molecule has 0 saturated carbocycles. The molecule has 3 aromatic rings. The largest absolute Gasteiger partial charge is 0.460 e. The van der Waals surface area contributed by atoms with Crippen molar-refractivity contribution in [3.8, 4) is 5.75 Å². The number of alkyl carbamates (subject to hydrolysis) is 1. The van der Waals surface area contributed by atoms with Crippen LogP contribution in [0.15, 0.2) is 97.1 Å². The monoisotopic (exact) mass is 559 g/mol. The van der Waals surface area contributed by atoms with Crippen LogP contribution in [0.4, 0.5) is 13.6 Å². The zero-order chi connectivity index (χ0) is 28.7. The molecule has 0 fully saturated rings. The van der Waals surface area contributed by atoms with E-state index >= 15 is 8.78 Å². The summed E-state index contributed by atoms with van der Waals surface area (Å²) in [5.74, 6) is -1.06. The fourth-order valence-corrected chi connectivity index (χ4v) is 4.67. The number of ether oxygens (including phenoxy) is 2. The Kier molecular flexibility index (Phi) is 9.08. The molecule has 206 valence electrons. The van der Waals surface area contributed by atoms with E-state index < -0.39 is 33.0 Å². The van der Waals surface area contributed by atoms with Crippen molar-refractivity contribution in [1.82, 2.24) is 5.32 Å². The number of hydrogen-bond donors (Lipinski definition) is 1. The van der Waals surface area contributed by atoms with E-state index in [9.17, 15) is 18.0 Å². The molecule has 0 heterocycles. The number of aryl methyl sites for hydroxylation is 1. The van der Waals surface area contributed by atoms with Gasteiger partial charge in [-0.05, 0) is 26.0 Å². The van der Waals surface area contributed by atoms with Crippen molar-refractivity contribution < 1.29 is 40.4 Å². The Hall–Kier alpha value is -4.25. The molecule has 0 aromatic heterocycles. The number of benzene rings is 3. The molecule has 0 aliphatic rings. The molecule has 0 unspecified atom stereocenters. The number of esters is 1. The van der Waals surface area contributed by atoms with Gasteiger partial charge in [0, 0.05) is 16.7 Å². The van der Waals surface area contributed by atoms with E-state index in [1.807, 2.05) is 0 Å². The van der Waals surface area contributed by atoms with Crippen LogP contribution < -0.4 is 9.50 Å². The molecule has 0 radical (unpaired) electrons. The first-order valence-electron chi connectivity index (χ1n) is 11.7. The predicted octanol–water partition coefficient (Wildman–Crippen LogP) is 5.09. The molecule has 1 N–H and O–H groups in total. The van der Waals surface area contributed by atoms with Crippen LogP contribution in [-0.2, 0) is 30.0 Å². The Morgan fingerprint density at radius 1 is 0.897 bits per heavy atom. The lowest BCUT2D eigenvalue weighted by Gasteiger charge is -2.39. The number of alkyl halides is 2. The van der Waals surface area contributed by atoms with Crippen molar-refractivity contribution in [3.05, 3.63) is 114 Å². The fourth-order valence-electron chi connectivity index (χ4n) is 3.57. The van der Waals surface area contributed by atoms with Gasteiger partial charge in [0.1, 0.15) is 12.4 Å². The molecule has 0 saturated heterocycles. The summed E-state index contributed by atoms with van der Waals surface area (Å²) in [7, 11) is -5.79. The second kappa shape index (κ2) is 12.1. The van der Waals surface area contributed by atoms with E-state index in [0.29, 0.717) is 0 Å². The van der Waals surface area contributed by atoms with Crippen molar-refractivity contribution in [2.24, 2.45) is 0 Å². The maximum atomic E-state index is 16.5. The minimum absolute atomic E-state index is 0.128. The van der Waals surface area contributed by atoms with E-state index in [1.165, 1.54) is 91.9 Å². The first-order chi connectivity index (χ1) is 18.4. The summed E-state index contributed by atoms with van der Waals surface area (Å²) in [4.78, 5) is 24.4. The molecule has 3 rings (SSSR count). The molecule has 8 nitrogen and oxygen atoms in total. The normalized spacial score (nSPS) is 11.8. The smallest absolute Gasteiger partial charge is 0.427 e. The number of amides is 1. The number of carbonyl (C=O) groups is 2. The Morgan fingerprint density at radius 3 is 1.90 bits per heavy atom. The third kappa shape index (κ3) is 6.43. The van der Waals surface area contributed by atoms with Crippen molar-refractivity contribution in [2.75, 3.05) is 13.2 Å². The van der Waals surface area contributed by atoms with E-state index in [1.54, 1.807) is 6.92 Å². The summed E-state index contributed by atoms with van der Waals surface area (Å²) < 4.78 is 74.5. The van der Waals surface area contributed by atoms with Gasteiger partial charge in [-0.2, -0.15) is 17.2 Å². The lowest BCUT2D eigenvalue weighted by molar-refractivity contribution is -0.138. The first-order valence-corrected chi connectivity index (χ1v) is 13.1. The van der Waals surface area contributed by atoms with Gasteiger partial charge >= 0.3 is 27.4 Å². The highest BCUT2D eigenvalue weighted by molar-refractivity contribution is 7.88. The molecule has 0 bridgehead atoms. The van der Waals surface area contributed by atoms with E-state index in [4.69, 9.17) is 13.7 Å². The molecule has 39 heavy (non-hydrogen) atoms. The summed E-state index contributed by atoms with van der Waals surface area (Å²) >= 11 is 0. The highest BCUT2D eigenvalue weighted by atomic mass is 32.2. The summed E-state index contributed by atoms with van der Waals surface area (Å²) in [6.07, 6.45) is -1.39. The van der Waals surface area contributed by atoms with Crippen LogP contribution >= 0.6 is 0 Å². The summed E-state index contributed by atoms with van der Waals surface area (Å²) in [6, 6.07) is 19.0. The van der Waals surface area contributed by atoms with Gasteiger partial charge in [-0.25, -0.2) is 9.59 Å². The fraction of sp³-hybridized carbons (Fsp3) is 0.214. The Bertz CT molecular complexity index is 1370. The third-order valence-corrected chi connectivity index (χ3v) is 6.84. The molecular formula is C28H27F2NO7S. The molecule has 0 aliphatic heterocycles. The van der Waals surface area contributed by atoms with Gasteiger partial charge in [0.2, 0.25) is 5.60 Å². The van der Waals surface area contributed by atoms with Gasteiger partial charge in [0.25, 0.3) is 0 Å². The molecular weight excluding hydrogens is 532 g/mol. The lowest BCUT2D eigenvalue weighted by Crippen LogP contribution is -2.56. The minimum Gasteiger partial charge on any atom is -0.460 e. The zero-order valence-electron chi connectivity index (χ0n) is 21.2. The molecule has 11 heteroatoms. The zero-order valence-corrected chi connectivity index (χ0v) is 22.0. The van der Waals surface area contributed by atoms with Crippen molar-refractivity contribution >= 4 is 22.2 Å². The average Bonchev–Trinajstić information content (AvgIpc) is 2.91. The molecule has 3 aromatic carbocycles. The van der Waals surface area contributed by atoms with Gasteiger partial charge in [-0.15, -0.1) is 0 Å². The second-order valence-corrected chi connectivity index (χ2v) is 10.1. The van der Waals surface area contributed by atoms with Crippen LogP contribution in [0.2, 0.25) is 0 Å². The van der Waals surface area contributed by atoms with Crippen LogP contribution in [0.5, 0.6) is 5.75 Å². The van der Waals surface area contributed by atoms with Crippen LogP contribution in [-0.4, -0.2) is 38.9 Å². The van der Waals surface area contributed by atoms with Crippen molar-refractivity contribution in [1.29, 1.82) is 0 Å². The SMILES string of the molecule is C=C(C)C(=O)OCCNC(=O)OC(c1ccccc1)(c1ccccc1)C(F)(F)S(=O)(=O)Oc1ccc(C)cc1. The van der Waals surface area contributed by atoms with Gasteiger partial charge in [-0.1, -0.05) is 84.9 Å². The third-order valence-electron chi connectivity index (χ3n) is 5.51. The van der Waals surface area contributed by atoms with Crippen LogP contribution in [0.1, 0.15) is 23.6 Å². The quantitative estimate of drug-likeness (QED) is 0.151. The standard InChI is InChI=1S/C28H27F2NO7S/c1-20(2)25(32)36-19-18-31-26(33)37-27(22-10-6-4-7-11-22,23-12-8-5-9-13-23)28(29,30)39(34,35)38-24-16-14-21(3)15-17-24/h4-17H,1,18-19H2,2-3H3,(H,31,33). The topological polar surface area (TPSA) is 108 Å². The van der Waals surface area contributed by atoms with Gasteiger partial charge < -0.3 is 19.0 Å². The summed E-state index contributed by atoms with van der Waals surface area (Å²) in [5, 5.41) is -2.64. The Labute approximate surface area is 225 Å². The van der Waals surface area contributed by atoms with E-state index in [2.05, 4.69) is 11.9 Å². The maximum absolute atomic E-state index is 16.5. The van der Waals surface area contributed by atoms with Gasteiger partial charge in [-0.3, -0.25) is 0 Å². The van der Waals surface area contributed by atoms with Crippen LogP contribution in [0.25, 0.3) is 0 Å². The predicted molar refractivity (Wildman–Crippen MR) is 140 cm³/mol. The molecule has 0 spiro atoms. The van der Waals surface area contributed by atoms with Gasteiger partial charge in [0.15, 0.2) is 0 Å². The number of carbonyl (C=O) groups excluding carboxylic acids is 2. The van der Waals surface area contributed by atoms with E-state index in [0.717, 1.165) is 5.56 Å². The highest BCUT2D eigenvalue weighted by Gasteiger charge is 2.69. The van der Waals surface area contributed by atoms with Crippen LogP contribution in [0, 0.1) is 6.92 Å². The summed E-state index contributed by atoms with van der Waals surface area (Å²) in [6.45, 7) is 5.97. The maximum Gasteiger partial charge on any atom is 0.427 e. The lowest BCUT2D eigenvalue weighted by atomic mass is 9.86. The average molecular weight is 560 g/mol. The number of hydrogen-bond acceptors (Lipinski definition) is 7. The number of halogens is 2. The van der Waals surface area contributed by atoms with Crippen molar-refractivity contribution in [3.63, 3.8) is 0 Å².